The zero-order valence-corrected chi connectivity index (χ0v) is 11.9. The van der Waals surface area contributed by atoms with Crippen LogP contribution in [0.1, 0.15) is 69.7 Å². The van der Waals surface area contributed by atoms with Gasteiger partial charge in [-0.15, -0.1) is 0 Å². The van der Waals surface area contributed by atoms with Crippen LogP contribution in [0.3, 0.4) is 0 Å². The molecule has 1 fully saturated rings. The van der Waals surface area contributed by atoms with E-state index in [4.69, 9.17) is 0 Å². The van der Waals surface area contributed by atoms with E-state index in [1.165, 1.54) is 49.8 Å². The Morgan fingerprint density at radius 2 is 1.94 bits per heavy atom. The van der Waals surface area contributed by atoms with E-state index in [1.54, 1.807) is 0 Å². The van der Waals surface area contributed by atoms with E-state index >= 15 is 0 Å². The quantitative estimate of drug-likeness (QED) is 0.810. The highest BCUT2D eigenvalue weighted by molar-refractivity contribution is 5.18. The zero-order chi connectivity index (χ0) is 12.8. The Morgan fingerprint density at radius 3 is 2.56 bits per heavy atom. The number of rotatable bonds is 5. The lowest BCUT2D eigenvalue weighted by Gasteiger charge is -2.18. The van der Waals surface area contributed by atoms with Gasteiger partial charge in [0, 0.05) is 17.8 Å². The number of hydrogen-bond acceptors (Lipinski definition) is 2. The first-order valence-electron chi connectivity index (χ1n) is 7.62. The minimum atomic E-state index is 0.651. The molecule has 18 heavy (non-hydrogen) atoms. The smallest absolute Gasteiger partial charge is 0.0537 e. The minimum Gasteiger partial charge on any atom is -0.313 e. The van der Waals surface area contributed by atoms with Crippen LogP contribution in [0.2, 0.25) is 0 Å². The first-order valence-corrected chi connectivity index (χ1v) is 7.62. The fourth-order valence-corrected chi connectivity index (χ4v) is 3.04. The summed E-state index contributed by atoms with van der Waals surface area (Å²) in [4.78, 5) is 0. The molecule has 3 nitrogen and oxygen atoms in total. The van der Waals surface area contributed by atoms with Crippen molar-refractivity contribution in [2.24, 2.45) is 0 Å². The Morgan fingerprint density at radius 1 is 1.22 bits per heavy atom. The van der Waals surface area contributed by atoms with Crippen molar-refractivity contribution in [2.45, 2.75) is 71.4 Å². The average molecular weight is 249 g/mol. The lowest BCUT2D eigenvalue weighted by atomic mass is 10.1. The van der Waals surface area contributed by atoms with E-state index < -0.39 is 0 Å². The third-order valence-electron chi connectivity index (χ3n) is 4.06. The van der Waals surface area contributed by atoms with Gasteiger partial charge >= 0.3 is 0 Å². The summed E-state index contributed by atoms with van der Waals surface area (Å²) >= 11 is 0. The molecular formula is C15H27N3. The average Bonchev–Trinajstić information content (AvgIpc) is 2.61. The van der Waals surface area contributed by atoms with Gasteiger partial charge in [-0.2, -0.15) is 5.10 Å². The van der Waals surface area contributed by atoms with Crippen LogP contribution in [0.15, 0.2) is 6.20 Å². The second-order valence-electron chi connectivity index (χ2n) is 5.34. The van der Waals surface area contributed by atoms with E-state index in [-0.39, 0.29) is 0 Å². The highest BCUT2D eigenvalue weighted by atomic mass is 15.3. The molecule has 0 bridgehead atoms. The SMILES string of the molecule is CCNCc1cnn(C2CCCCCC2)c1CC. The first-order chi connectivity index (χ1) is 8.86. The van der Waals surface area contributed by atoms with Gasteiger partial charge in [0.25, 0.3) is 0 Å². The van der Waals surface area contributed by atoms with Crippen molar-refractivity contribution in [3.63, 3.8) is 0 Å². The molecule has 1 saturated carbocycles. The second-order valence-corrected chi connectivity index (χ2v) is 5.34. The molecule has 0 amide bonds. The standard InChI is InChI=1S/C15H27N3/c1-3-15-13(11-16-4-2)12-17-18(15)14-9-7-5-6-8-10-14/h12,14,16H,3-11H2,1-2H3. The van der Waals surface area contributed by atoms with Crippen LogP contribution in [-0.2, 0) is 13.0 Å². The zero-order valence-electron chi connectivity index (χ0n) is 11.9. The van der Waals surface area contributed by atoms with Crippen molar-refractivity contribution in [3.8, 4) is 0 Å². The van der Waals surface area contributed by atoms with Gasteiger partial charge < -0.3 is 5.32 Å². The third-order valence-corrected chi connectivity index (χ3v) is 4.06. The Kier molecular flexibility index (Phi) is 5.24. The monoisotopic (exact) mass is 249 g/mol. The number of nitrogens with one attached hydrogen (secondary N) is 1. The normalized spacial score (nSPS) is 17.9. The predicted molar refractivity (Wildman–Crippen MR) is 75.7 cm³/mol. The molecule has 0 unspecified atom stereocenters. The van der Waals surface area contributed by atoms with Crippen molar-refractivity contribution >= 4 is 0 Å². The summed E-state index contributed by atoms with van der Waals surface area (Å²) in [5.41, 5.74) is 2.84. The van der Waals surface area contributed by atoms with Crippen LogP contribution in [0.25, 0.3) is 0 Å². The van der Waals surface area contributed by atoms with E-state index in [0.717, 1.165) is 19.5 Å². The fraction of sp³-hybridized carbons (Fsp3) is 0.800. The molecule has 2 rings (SSSR count). The molecule has 0 radical (unpaired) electrons. The van der Waals surface area contributed by atoms with Crippen molar-refractivity contribution in [2.75, 3.05) is 6.54 Å². The highest BCUT2D eigenvalue weighted by Gasteiger charge is 2.18. The van der Waals surface area contributed by atoms with E-state index in [9.17, 15) is 0 Å². The summed E-state index contributed by atoms with van der Waals surface area (Å²) in [6, 6.07) is 0.651. The van der Waals surface area contributed by atoms with Crippen molar-refractivity contribution in [3.05, 3.63) is 17.5 Å². The van der Waals surface area contributed by atoms with Gasteiger partial charge in [0.2, 0.25) is 0 Å². The van der Waals surface area contributed by atoms with Gasteiger partial charge in [-0.25, -0.2) is 0 Å². The third kappa shape index (κ3) is 3.14. The summed E-state index contributed by atoms with van der Waals surface area (Å²) in [6.45, 7) is 6.39. The lowest BCUT2D eigenvalue weighted by molar-refractivity contribution is 0.393. The number of nitrogens with zero attached hydrogens (tertiary/aromatic N) is 2. The van der Waals surface area contributed by atoms with Crippen LogP contribution in [0, 0.1) is 0 Å². The fourth-order valence-electron chi connectivity index (χ4n) is 3.04. The molecule has 0 aliphatic heterocycles. The molecule has 1 aliphatic carbocycles. The van der Waals surface area contributed by atoms with Crippen LogP contribution in [0.4, 0.5) is 0 Å². The van der Waals surface area contributed by atoms with Crippen LogP contribution in [0.5, 0.6) is 0 Å². The number of aromatic nitrogens is 2. The maximum absolute atomic E-state index is 4.68. The minimum absolute atomic E-state index is 0.651. The summed E-state index contributed by atoms with van der Waals surface area (Å²) in [5.74, 6) is 0. The van der Waals surface area contributed by atoms with Gasteiger partial charge in [-0.05, 0) is 25.8 Å². The van der Waals surface area contributed by atoms with Crippen LogP contribution >= 0.6 is 0 Å². The van der Waals surface area contributed by atoms with Gasteiger partial charge in [0.1, 0.15) is 0 Å². The second kappa shape index (κ2) is 6.93. The highest BCUT2D eigenvalue weighted by Crippen LogP contribution is 2.28. The molecule has 1 heterocycles. The molecule has 0 saturated heterocycles. The first kappa shape index (κ1) is 13.6. The largest absolute Gasteiger partial charge is 0.313 e. The van der Waals surface area contributed by atoms with Gasteiger partial charge in [0.05, 0.1) is 12.2 Å². The Bertz CT molecular complexity index is 349. The van der Waals surface area contributed by atoms with Crippen molar-refractivity contribution in [1.82, 2.24) is 15.1 Å². The molecule has 1 N–H and O–H groups in total. The van der Waals surface area contributed by atoms with Gasteiger partial charge in [-0.1, -0.05) is 39.5 Å². The molecule has 1 aliphatic rings. The van der Waals surface area contributed by atoms with E-state index in [0.29, 0.717) is 6.04 Å². The molecule has 0 aromatic carbocycles. The summed E-state index contributed by atoms with van der Waals surface area (Å²) in [7, 11) is 0. The molecule has 0 atom stereocenters. The van der Waals surface area contributed by atoms with Crippen molar-refractivity contribution in [1.29, 1.82) is 0 Å². The Hall–Kier alpha value is -0.830. The molecule has 1 aromatic heterocycles. The summed E-state index contributed by atoms with van der Waals surface area (Å²) < 4.78 is 2.33. The Balaban J connectivity index is 2.13. The Labute approximate surface area is 111 Å². The molecule has 3 heteroatoms. The molecule has 0 spiro atoms. The molecular weight excluding hydrogens is 222 g/mol. The van der Waals surface area contributed by atoms with E-state index in [2.05, 4.69) is 35.1 Å². The number of hydrogen-bond donors (Lipinski definition) is 1. The van der Waals surface area contributed by atoms with Crippen LogP contribution in [-0.4, -0.2) is 16.3 Å². The molecule has 1 aromatic rings. The summed E-state index contributed by atoms with van der Waals surface area (Å²) in [5, 5.41) is 8.10. The van der Waals surface area contributed by atoms with E-state index in [1.807, 2.05) is 0 Å². The van der Waals surface area contributed by atoms with Crippen LogP contribution < -0.4 is 5.32 Å². The maximum Gasteiger partial charge on any atom is 0.0537 e. The van der Waals surface area contributed by atoms with Gasteiger partial charge in [-0.3, -0.25) is 4.68 Å². The van der Waals surface area contributed by atoms with Crippen molar-refractivity contribution < 1.29 is 0 Å². The predicted octanol–water partition coefficient (Wildman–Crippen LogP) is 3.45. The summed E-state index contributed by atoms with van der Waals surface area (Å²) in [6.07, 6.45) is 11.4. The topological polar surface area (TPSA) is 29.9 Å². The molecule has 102 valence electrons. The van der Waals surface area contributed by atoms with Gasteiger partial charge in [0.15, 0.2) is 0 Å². The lowest BCUT2D eigenvalue weighted by Crippen LogP contribution is -2.16. The maximum atomic E-state index is 4.68.